The fraction of sp³-hybridized carbons (Fsp3) is 0.259. The van der Waals surface area contributed by atoms with Crippen LogP contribution in [0.25, 0.3) is 0 Å². The van der Waals surface area contributed by atoms with Crippen molar-refractivity contribution in [1.82, 2.24) is 4.90 Å². The van der Waals surface area contributed by atoms with Crippen molar-refractivity contribution in [1.29, 1.82) is 0 Å². The number of carbonyl (C=O) groups excluding carboxylic acids is 2. The number of anilines is 1. The van der Waals surface area contributed by atoms with E-state index >= 15 is 0 Å². The molecule has 6 nitrogen and oxygen atoms in total. The Balaban J connectivity index is 1.66. The summed E-state index contributed by atoms with van der Waals surface area (Å²) >= 11 is 0. The van der Waals surface area contributed by atoms with Gasteiger partial charge in [-0.25, -0.2) is 0 Å². The summed E-state index contributed by atoms with van der Waals surface area (Å²) in [4.78, 5) is 27.2. The Hall–Kier alpha value is -3.64. The Labute approximate surface area is 194 Å². The molecular weight excluding hydrogens is 416 g/mol. The third kappa shape index (κ3) is 4.76. The van der Waals surface area contributed by atoms with Crippen LogP contribution in [0.3, 0.4) is 0 Å². The molecule has 1 atom stereocenters. The van der Waals surface area contributed by atoms with Crippen molar-refractivity contribution < 1.29 is 19.1 Å². The zero-order valence-corrected chi connectivity index (χ0v) is 19.1. The minimum Gasteiger partial charge on any atom is -0.493 e. The van der Waals surface area contributed by atoms with Crippen molar-refractivity contribution in [2.45, 2.75) is 19.4 Å². The van der Waals surface area contributed by atoms with Crippen LogP contribution < -0.4 is 14.8 Å². The number of Topliss-reactive ketones (excluding diaryl/α,β-unsaturated/α-hetero) is 1. The molecule has 1 aliphatic rings. The lowest BCUT2D eigenvalue weighted by Crippen LogP contribution is -2.41. The Kier molecular flexibility index (Phi) is 6.75. The number of hydrogen-bond donors (Lipinski definition) is 1. The average Bonchev–Trinajstić information content (AvgIpc) is 2.83. The highest BCUT2D eigenvalue weighted by atomic mass is 16.5. The van der Waals surface area contributed by atoms with Gasteiger partial charge in [0.2, 0.25) is 5.91 Å². The molecule has 0 spiro atoms. The summed E-state index contributed by atoms with van der Waals surface area (Å²) in [6, 6.07) is 21.2. The fourth-order valence-electron chi connectivity index (χ4n) is 4.47. The number of amides is 1. The Morgan fingerprint density at radius 1 is 0.970 bits per heavy atom. The number of ether oxygens (including phenoxy) is 2. The van der Waals surface area contributed by atoms with Crippen molar-refractivity contribution in [3.63, 3.8) is 0 Å². The lowest BCUT2D eigenvalue weighted by atomic mass is 9.87. The van der Waals surface area contributed by atoms with Crippen LogP contribution in [0.15, 0.2) is 66.7 Å². The van der Waals surface area contributed by atoms with E-state index in [0.29, 0.717) is 29.3 Å². The fourth-order valence-corrected chi connectivity index (χ4v) is 4.47. The van der Waals surface area contributed by atoms with Crippen LogP contribution in [0.2, 0.25) is 0 Å². The third-order valence-electron chi connectivity index (χ3n) is 6.02. The number of nitrogens with one attached hydrogen (secondary N) is 1. The Morgan fingerprint density at radius 2 is 1.64 bits per heavy atom. The molecule has 0 bridgehead atoms. The zero-order valence-electron chi connectivity index (χ0n) is 19.1. The summed E-state index contributed by atoms with van der Waals surface area (Å²) < 4.78 is 11.1. The predicted octanol–water partition coefficient (Wildman–Crippen LogP) is 4.49. The maximum atomic E-state index is 13.1. The highest BCUT2D eigenvalue weighted by Gasteiger charge is 2.31. The maximum Gasteiger partial charge on any atom is 0.238 e. The second kappa shape index (κ2) is 9.88. The molecule has 170 valence electrons. The molecular formula is C27H28N2O4. The highest BCUT2D eigenvalue weighted by Crippen LogP contribution is 2.40. The molecule has 4 rings (SSSR count). The number of nitrogens with zero attached hydrogens (tertiary/aromatic N) is 1. The maximum absolute atomic E-state index is 13.1. The monoisotopic (exact) mass is 444 g/mol. The van der Waals surface area contributed by atoms with Gasteiger partial charge in [0, 0.05) is 12.1 Å². The number of carbonyl (C=O) groups is 2. The van der Waals surface area contributed by atoms with E-state index in [1.54, 1.807) is 32.4 Å². The van der Waals surface area contributed by atoms with Gasteiger partial charge in [-0.15, -0.1) is 0 Å². The molecule has 1 aliphatic heterocycles. The van der Waals surface area contributed by atoms with Crippen molar-refractivity contribution in [3.8, 4) is 11.5 Å². The number of rotatable bonds is 7. The van der Waals surface area contributed by atoms with Gasteiger partial charge in [-0.05, 0) is 54.3 Å². The van der Waals surface area contributed by atoms with E-state index in [-0.39, 0.29) is 24.3 Å². The number of ketones is 1. The molecule has 3 aromatic rings. The number of methoxy groups -OCH3 is 2. The number of para-hydroxylation sites is 1. The first-order chi connectivity index (χ1) is 16.0. The van der Waals surface area contributed by atoms with E-state index in [4.69, 9.17) is 9.47 Å². The quantitative estimate of drug-likeness (QED) is 0.544. The summed E-state index contributed by atoms with van der Waals surface area (Å²) in [7, 11) is 3.26. The molecule has 33 heavy (non-hydrogen) atoms. The molecule has 1 amide bonds. The summed E-state index contributed by atoms with van der Waals surface area (Å²) in [5, 5.41) is 2.93. The molecule has 0 unspecified atom stereocenters. The minimum atomic E-state index is -0.159. The number of fused-ring (bicyclic) bond motifs is 1. The molecule has 0 radical (unpaired) electrons. The van der Waals surface area contributed by atoms with Crippen molar-refractivity contribution in [2.75, 3.05) is 32.6 Å². The van der Waals surface area contributed by atoms with Gasteiger partial charge in [-0.3, -0.25) is 14.5 Å². The van der Waals surface area contributed by atoms with Crippen LogP contribution in [-0.2, 0) is 11.2 Å². The molecule has 3 aromatic carbocycles. The predicted molar refractivity (Wildman–Crippen MR) is 128 cm³/mol. The largest absolute Gasteiger partial charge is 0.493 e. The molecule has 0 saturated heterocycles. The first-order valence-electron chi connectivity index (χ1n) is 11.0. The van der Waals surface area contributed by atoms with Gasteiger partial charge in [0.05, 0.1) is 32.5 Å². The molecule has 0 saturated carbocycles. The first-order valence-corrected chi connectivity index (χ1v) is 11.0. The first kappa shape index (κ1) is 22.6. The molecule has 6 heteroatoms. The molecule has 1 heterocycles. The summed E-state index contributed by atoms with van der Waals surface area (Å²) in [5.41, 5.74) is 4.42. The molecule has 0 aromatic heterocycles. The van der Waals surface area contributed by atoms with Gasteiger partial charge < -0.3 is 14.8 Å². The van der Waals surface area contributed by atoms with E-state index in [2.05, 4.69) is 22.3 Å². The van der Waals surface area contributed by atoms with Crippen molar-refractivity contribution in [3.05, 3.63) is 89.0 Å². The van der Waals surface area contributed by atoms with Crippen LogP contribution >= 0.6 is 0 Å². The standard InChI is InChI=1S/C27H28N2O4/c1-18(30)21-11-7-8-12-23(21)28-26(31)17-29-14-13-20-15-24(32-2)25(33-3)16-22(20)27(29)19-9-5-4-6-10-19/h4-12,15-16,27H,13-14,17H2,1-3H3,(H,28,31)/t27-/m1/s1. The van der Waals surface area contributed by atoms with Gasteiger partial charge in [-0.2, -0.15) is 0 Å². The van der Waals surface area contributed by atoms with E-state index in [1.807, 2.05) is 36.4 Å². The summed E-state index contributed by atoms with van der Waals surface area (Å²) in [6.07, 6.45) is 0.788. The van der Waals surface area contributed by atoms with Crippen LogP contribution in [0, 0.1) is 0 Å². The average molecular weight is 445 g/mol. The third-order valence-corrected chi connectivity index (χ3v) is 6.02. The Bertz CT molecular complexity index is 1160. The van der Waals surface area contributed by atoms with E-state index in [0.717, 1.165) is 17.5 Å². The van der Waals surface area contributed by atoms with Gasteiger partial charge in [0.25, 0.3) is 0 Å². The van der Waals surface area contributed by atoms with E-state index < -0.39 is 0 Å². The zero-order chi connectivity index (χ0) is 23.4. The second-order valence-corrected chi connectivity index (χ2v) is 8.09. The van der Waals surface area contributed by atoms with Crippen LogP contribution in [-0.4, -0.2) is 43.9 Å². The van der Waals surface area contributed by atoms with Crippen molar-refractivity contribution >= 4 is 17.4 Å². The van der Waals surface area contributed by atoms with Crippen LogP contribution in [0.1, 0.15) is 40.0 Å². The number of benzene rings is 3. The van der Waals surface area contributed by atoms with Gasteiger partial charge in [-0.1, -0.05) is 42.5 Å². The smallest absolute Gasteiger partial charge is 0.238 e. The normalized spacial score (nSPS) is 15.4. The van der Waals surface area contributed by atoms with E-state index in [9.17, 15) is 9.59 Å². The van der Waals surface area contributed by atoms with Crippen LogP contribution in [0.4, 0.5) is 5.69 Å². The van der Waals surface area contributed by atoms with Crippen LogP contribution in [0.5, 0.6) is 11.5 Å². The topological polar surface area (TPSA) is 67.9 Å². The van der Waals surface area contributed by atoms with Gasteiger partial charge >= 0.3 is 0 Å². The van der Waals surface area contributed by atoms with Crippen molar-refractivity contribution in [2.24, 2.45) is 0 Å². The van der Waals surface area contributed by atoms with Gasteiger partial charge in [0.1, 0.15) is 0 Å². The summed E-state index contributed by atoms with van der Waals surface area (Å²) in [6.45, 7) is 2.41. The van der Waals surface area contributed by atoms with E-state index in [1.165, 1.54) is 12.5 Å². The molecule has 1 N–H and O–H groups in total. The summed E-state index contributed by atoms with van der Waals surface area (Å²) in [5.74, 6) is 1.13. The Morgan fingerprint density at radius 3 is 2.33 bits per heavy atom. The highest BCUT2D eigenvalue weighted by molar-refractivity contribution is 6.04. The second-order valence-electron chi connectivity index (χ2n) is 8.09. The van der Waals surface area contributed by atoms with Gasteiger partial charge in [0.15, 0.2) is 17.3 Å². The molecule has 0 aliphatic carbocycles. The lowest BCUT2D eigenvalue weighted by molar-refractivity contribution is -0.117. The molecule has 0 fully saturated rings. The minimum absolute atomic E-state index is 0.0824. The SMILES string of the molecule is COc1cc2c(cc1OC)[C@@H](c1ccccc1)N(CC(=O)Nc1ccccc1C(C)=O)CC2. The lowest BCUT2D eigenvalue weighted by Gasteiger charge is -2.37. The number of hydrogen-bond acceptors (Lipinski definition) is 5.